The molecular weight excluding hydrogens is 231 g/mol. The molecule has 1 saturated carbocycles. The first-order valence-electron chi connectivity index (χ1n) is 4.66. The summed E-state index contributed by atoms with van der Waals surface area (Å²) in [5.74, 6) is -0.689. The summed E-state index contributed by atoms with van der Waals surface area (Å²) in [6.07, 6.45) is 1.25. The zero-order valence-electron chi connectivity index (χ0n) is 8.20. The number of anilines is 1. The Bertz CT molecular complexity index is 559. The van der Waals surface area contributed by atoms with Gasteiger partial charge in [-0.1, -0.05) is 0 Å². The number of nitrogens with zero attached hydrogens (tertiary/aromatic N) is 1. The molecule has 0 amide bonds. The normalized spacial score (nSPS) is 15.5. The highest BCUT2D eigenvalue weighted by Crippen LogP contribution is 2.30. The fourth-order valence-corrected chi connectivity index (χ4v) is 2.66. The summed E-state index contributed by atoms with van der Waals surface area (Å²) in [7, 11) is -3.43. The fourth-order valence-electron chi connectivity index (χ4n) is 1.26. The highest BCUT2D eigenvalue weighted by Gasteiger charge is 2.36. The second kappa shape index (κ2) is 3.76. The zero-order valence-corrected chi connectivity index (χ0v) is 9.01. The second-order valence-corrected chi connectivity index (χ2v) is 5.53. The van der Waals surface area contributed by atoms with Gasteiger partial charge in [0.05, 0.1) is 16.5 Å². The van der Waals surface area contributed by atoms with Crippen LogP contribution in [0.25, 0.3) is 0 Å². The fraction of sp³-hybridized carbons (Fsp3) is 0.300. The Balaban J connectivity index is 2.31. The second-order valence-electron chi connectivity index (χ2n) is 3.57. The van der Waals surface area contributed by atoms with Crippen molar-refractivity contribution in [1.29, 1.82) is 5.26 Å². The molecule has 0 saturated heterocycles. The summed E-state index contributed by atoms with van der Waals surface area (Å²) in [4.78, 5) is 0. The van der Waals surface area contributed by atoms with Crippen LogP contribution in [0.3, 0.4) is 0 Å². The lowest BCUT2D eigenvalue weighted by molar-refractivity contribution is 0.599. The van der Waals surface area contributed by atoms with E-state index < -0.39 is 15.8 Å². The lowest BCUT2D eigenvalue weighted by atomic mass is 10.2. The van der Waals surface area contributed by atoms with Crippen molar-refractivity contribution in [3.8, 4) is 6.07 Å². The van der Waals surface area contributed by atoms with Crippen molar-refractivity contribution in [3.05, 3.63) is 29.6 Å². The number of nitrogens with one attached hydrogen (secondary N) is 1. The largest absolute Gasteiger partial charge is 0.282 e. The molecule has 2 rings (SSSR count). The molecule has 16 heavy (non-hydrogen) atoms. The third-order valence-corrected chi connectivity index (χ3v) is 4.11. The molecule has 1 N–H and O–H groups in total. The van der Waals surface area contributed by atoms with Crippen molar-refractivity contribution in [2.75, 3.05) is 4.72 Å². The Hall–Kier alpha value is -1.61. The van der Waals surface area contributed by atoms with E-state index in [1.165, 1.54) is 0 Å². The maximum atomic E-state index is 12.8. The summed E-state index contributed by atoms with van der Waals surface area (Å²) in [5.41, 5.74) is 0.0382. The Morgan fingerprint density at radius 1 is 1.56 bits per heavy atom. The van der Waals surface area contributed by atoms with Crippen molar-refractivity contribution >= 4 is 15.7 Å². The van der Waals surface area contributed by atoms with Gasteiger partial charge in [0.1, 0.15) is 11.9 Å². The van der Waals surface area contributed by atoms with Crippen molar-refractivity contribution in [1.82, 2.24) is 0 Å². The monoisotopic (exact) mass is 239 g/mol. The Labute approximate surface area is 92.8 Å². The van der Waals surface area contributed by atoms with E-state index in [1.54, 1.807) is 6.07 Å². The van der Waals surface area contributed by atoms with Crippen LogP contribution in [0.2, 0.25) is 0 Å². The first-order valence-corrected chi connectivity index (χ1v) is 6.20. The number of hydrogen-bond donors (Lipinski definition) is 1. The lowest BCUT2D eigenvalue weighted by Crippen LogP contribution is -2.18. The van der Waals surface area contributed by atoms with E-state index in [9.17, 15) is 12.8 Å². The summed E-state index contributed by atoms with van der Waals surface area (Å²) < 4.78 is 38.2. The number of benzene rings is 1. The Kier molecular flexibility index (Phi) is 2.56. The molecule has 0 aliphatic heterocycles. The maximum absolute atomic E-state index is 12.8. The SMILES string of the molecule is N#Cc1cc(F)[c]cc1NS(=O)(=O)C1CC1. The van der Waals surface area contributed by atoms with Gasteiger partial charge in [-0.2, -0.15) is 5.26 Å². The molecule has 1 aromatic carbocycles. The van der Waals surface area contributed by atoms with Gasteiger partial charge in [0, 0.05) is 6.07 Å². The highest BCUT2D eigenvalue weighted by molar-refractivity contribution is 7.93. The van der Waals surface area contributed by atoms with Crippen LogP contribution in [0.1, 0.15) is 18.4 Å². The summed E-state index contributed by atoms with van der Waals surface area (Å²) in [6.45, 7) is 0. The molecule has 6 heteroatoms. The van der Waals surface area contributed by atoms with Crippen molar-refractivity contribution in [3.63, 3.8) is 0 Å². The predicted molar refractivity (Wildman–Crippen MR) is 55.5 cm³/mol. The van der Waals surface area contributed by atoms with Crippen LogP contribution in [0.15, 0.2) is 12.1 Å². The van der Waals surface area contributed by atoms with E-state index in [0.29, 0.717) is 12.8 Å². The van der Waals surface area contributed by atoms with Gasteiger partial charge < -0.3 is 0 Å². The predicted octanol–water partition coefficient (Wildman–Crippen LogP) is 1.40. The molecule has 4 nitrogen and oxygen atoms in total. The van der Waals surface area contributed by atoms with Gasteiger partial charge in [-0.15, -0.1) is 0 Å². The van der Waals surface area contributed by atoms with Gasteiger partial charge in [0.15, 0.2) is 0 Å². The van der Waals surface area contributed by atoms with Gasteiger partial charge in [0.2, 0.25) is 10.0 Å². The molecule has 1 aromatic rings. The lowest BCUT2D eigenvalue weighted by Gasteiger charge is -2.07. The highest BCUT2D eigenvalue weighted by atomic mass is 32.2. The standard InChI is InChI=1S/C10H8FN2O2S/c11-8-1-4-10(7(5-8)6-12)13-16(14,15)9-2-3-9/h4-5,9,13H,2-3H2. The van der Waals surface area contributed by atoms with E-state index in [0.717, 1.165) is 12.1 Å². The zero-order chi connectivity index (χ0) is 11.8. The molecule has 1 fully saturated rings. The molecule has 1 radical (unpaired) electrons. The minimum atomic E-state index is -3.43. The van der Waals surface area contributed by atoms with Crippen LogP contribution in [-0.4, -0.2) is 13.7 Å². The first kappa shape index (κ1) is 10.9. The molecular formula is C10H8FN2O2S. The van der Waals surface area contributed by atoms with Gasteiger partial charge in [-0.05, 0) is 25.0 Å². The molecule has 0 spiro atoms. The number of hydrogen-bond acceptors (Lipinski definition) is 3. The number of nitriles is 1. The average molecular weight is 239 g/mol. The summed E-state index contributed by atoms with van der Waals surface area (Å²) in [5, 5.41) is 8.34. The molecule has 1 aliphatic rings. The molecule has 0 bridgehead atoms. The van der Waals surface area contributed by atoms with Crippen molar-refractivity contribution in [2.45, 2.75) is 18.1 Å². The minimum absolute atomic E-state index is 0.0412. The van der Waals surface area contributed by atoms with Gasteiger partial charge in [-0.25, -0.2) is 12.8 Å². The van der Waals surface area contributed by atoms with Crippen LogP contribution in [0.5, 0.6) is 0 Å². The number of sulfonamides is 1. The van der Waals surface area contributed by atoms with E-state index in [-0.39, 0.29) is 16.5 Å². The number of halogens is 1. The molecule has 0 unspecified atom stereocenters. The molecule has 83 valence electrons. The van der Waals surface area contributed by atoms with Crippen LogP contribution >= 0.6 is 0 Å². The molecule has 1 aliphatic carbocycles. The minimum Gasteiger partial charge on any atom is -0.282 e. The van der Waals surface area contributed by atoms with Crippen LogP contribution in [-0.2, 0) is 10.0 Å². The van der Waals surface area contributed by atoms with Crippen LogP contribution in [0, 0.1) is 23.2 Å². The van der Waals surface area contributed by atoms with E-state index >= 15 is 0 Å². The third kappa shape index (κ3) is 2.14. The number of rotatable bonds is 3. The topological polar surface area (TPSA) is 70.0 Å². The van der Waals surface area contributed by atoms with Gasteiger partial charge in [-0.3, -0.25) is 4.72 Å². The molecule has 0 atom stereocenters. The van der Waals surface area contributed by atoms with E-state index in [1.807, 2.05) is 0 Å². The van der Waals surface area contributed by atoms with Crippen molar-refractivity contribution < 1.29 is 12.8 Å². The Morgan fingerprint density at radius 3 is 2.81 bits per heavy atom. The van der Waals surface area contributed by atoms with E-state index in [4.69, 9.17) is 5.26 Å². The van der Waals surface area contributed by atoms with Crippen LogP contribution in [0.4, 0.5) is 10.1 Å². The average Bonchev–Trinajstić information content (AvgIpc) is 3.04. The summed E-state index contributed by atoms with van der Waals surface area (Å²) >= 11 is 0. The first-order chi connectivity index (χ1) is 7.53. The third-order valence-electron chi connectivity index (χ3n) is 2.25. The van der Waals surface area contributed by atoms with E-state index in [2.05, 4.69) is 10.8 Å². The van der Waals surface area contributed by atoms with Gasteiger partial charge in [0.25, 0.3) is 0 Å². The molecule has 0 aromatic heterocycles. The van der Waals surface area contributed by atoms with Crippen LogP contribution < -0.4 is 4.72 Å². The summed E-state index contributed by atoms with van der Waals surface area (Å²) in [6, 6.07) is 6.03. The smallest absolute Gasteiger partial charge is 0.235 e. The maximum Gasteiger partial charge on any atom is 0.235 e. The van der Waals surface area contributed by atoms with Gasteiger partial charge >= 0.3 is 0 Å². The quantitative estimate of drug-likeness (QED) is 0.866. The van der Waals surface area contributed by atoms with Crippen molar-refractivity contribution in [2.24, 2.45) is 0 Å². The Morgan fingerprint density at radius 2 is 2.25 bits per heavy atom. The molecule has 0 heterocycles.